The molecule has 0 spiro atoms. The molecule has 0 aliphatic heterocycles. The zero-order valence-electron chi connectivity index (χ0n) is 9.42. The zero-order valence-corrected chi connectivity index (χ0v) is 11.0. The molecule has 0 aliphatic carbocycles. The summed E-state index contributed by atoms with van der Waals surface area (Å²) in [6.07, 6.45) is 1.41. The normalized spacial score (nSPS) is 10.6. The Morgan fingerprint density at radius 1 is 1.50 bits per heavy atom. The summed E-state index contributed by atoms with van der Waals surface area (Å²) in [7, 11) is 1.74. The van der Waals surface area contributed by atoms with E-state index in [0.717, 1.165) is 0 Å². The van der Waals surface area contributed by atoms with Gasteiger partial charge in [0.05, 0.1) is 10.6 Å². The Morgan fingerprint density at radius 3 is 2.78 bits per heavy atom. The third kappa shape index (κ3) is 2.41. The van der Waals surface area contributed by atoms with Crippen LogP contribution < -0.4 is 11.5 Å². The minimum atomic E-state index is -0.589. The smallest absolute Gasteiger partial charge is 0.249 e. The molecule has 1 aromatic carbocycles. The molecule has 1 aromatic heterocycles. The third-order valence-electron chi connectivity index (χ3n) is 2.19. The van der Waals surface area contributed by atoms with Crippen molar-refractivity contribution < 1.29 is 4.79 Å². The van der Waals surface area contributed by atoms with E-state index in [1.807, 2.05) is 0 Å². The molecule has 0 bridgehead atoms. The third-order valence-corrected chi connectivity index (χ3v) is 3.80. The Hall–Kier alpha value is -1.73. The number of primary amides is 1. The number of nitrogens with two attached hydrogens (primary N) is 2. The van der Waals surface area contributed by atoms with Crippen molar-refractivity contribution in [3.63, 3.8) is 0 Å². The van der Waals surface area contributed by atoms with Crippen molar-refractivity contribution in [3.8, 4) is 0 Å². The highest BCUT2D eigenvalue weighted by molar-refractivity contribution is 7.99. The van der Waals surface area contributed by atoms with Crippen molar-refractivity contribution in [1.29, 1.82) is 0 Å². The van der Waals surface area contributed by atoms with E-state index >= 15 is 0 Å². The van der Waals surface area contributed by atoms with Gasteiger partial charge in [-0.15, -0.1) is 0 Å². The van der Waals surface area contributed by atoms with Crippen LogP contribution in [0.15, 0.2) is 28.5 Å². The SMILES string of the molecule is Cn1ncnc1Sc1c(Cl)cc(N)cc1C(N)=O. The lowest BCUT2D eigenvalue weighted by Crippen LogP contribution is -2.13. The first-order valence-corrected chi connectivity index (χ1v) is 6.09. The Bertz CT molecular complexity index is 612. The van der Waals surface area contributed by atoms with Crippen LogP contribution in [0.4, 0.5) is 5.69 Å². The number of hydrogen-bond acceptors (Lipinski definition) is 5. The van der Waals surface area contributed by atoms with Gasteiger partial charge in [0, 0.05) is 17.6 Å². The van der Waals surface area contributed by atoms with Gasteiger partial charge in [0.1, 0.15) is 6.33 Å². The highest BCUT2D eigenvalue weighted by atomic mass is 35.5. The summed E-state index contributed by atoms with van der Waals surface area (Å²) in [4.78, 5) is 16.0. The maximum atomic E-state index is 11.4. The molecule has 6 nitrogen and oxygen atoms in total. The summed E-state index contributed by atoms with van der Waals surface area (Å²) in [5.41, 5.74) is 11.6. The zero-order chi connectivity index (χ0) is 13.3. The number of carbonyl (C=O) groups is 1. The van der Waals surface area contributed by atoms with Crippen LogP contribution in [0.2, 0.25) is 5.02 Å². The van der Waals surface area contributed by atoms with Crippen LogP contribution in [0, 0.1) is 0 Å². The van der Waals surface area contributed by atoms with Gasteiger partial charge in [-0.1, -0.05) is 11.6 Å². The molecule has 94 valence electrons. The summed E-state index contributed by atoms with van der Waals surface area (Å²) in [6, 6.07) is 3.06. The van der Waals surface area contributed by atoms with Gasteiger partial charge >= 0.3 is 0 Å². The molecule has 2 rings (SSSR count). The molecule has 1 amide bonds. The van der Waals surface area contributed by atoms with Gasteiger partial charge < -0.3 is 11.5 Å². The van der Waals surface area contributed by atoms with Gasteiger partial charge in [0.25, 0.3) is 0 Å². The molecule has 8 heteroatoms. The summed E-state index contributed by atoms with van der Waals surface area (Å²) < 4.78 is 1.57. The summed E-state index contributed by atoms with van der Waals surface area (Å²) >= 11 is 7.29. The maximum Gasteiger partial charge on any atom is 0.249 e. The number of rotatable bonds is 3. The monoisotopic (exact) mass is 283 g/mol. The first-order valence-electron chi connectivity index (χ1n) is 4.89. The Labute approximate surface area is 112 Å². The number of carbonyl (C=O) groups excluding carboxylic acids is 1. The first-order chi connectivity index (χ1) is 8.49. The number of nitrogen functional groups attached to an aromatic ring is 1. The number of nitrogens with zero attached hydrogens (tertiary/aromatic N) is 3. The molecule has 1 heterocycles. The highest BCUT2D eigenvalue weighted by Crippen LogP contribution is 2.36. The van der Waals surface area contributed by atoms with Gasteiger partial charge in [-0.25, -0.2) is 9.67 Å². The largest absolute Gasteiger partial charge is 0.399 e. The van der Waals surface area contributed by atoms with Gasteiger partial charge in [0.15, 0.2) is 5.16 Å². The van der Waals surface area contributed by atoms with E-state index in [-0.39, 0.29) is 5.56 Å². The van der Waals surface area contributed by atoms with Crippen LogP contribution in [0.3, 0.4) is 0 Å². The molecule has 2 aromatic rings. The van der Waals surface area contributed by atoms with E-state index in [1.165, 1.54) is 24.2 Å². The Morgan fingerprint density at radius 2 is 2.22 bits per heavy atom. The van der Waals surface area contributed by atoms with Gasteiger partial charge in [0.2, 0.25) is 5.91 Å². The molecular weight excluding hydrogens is 274 g/mol. The van der Waals surface area contributed by atoms with E-state index in [1.54, 1.807) is 17.8 Å². The van der Waals surface area contributed by atoms with Crippen LogP contribution >= 0.6 is 23.4 Å². The quantitative estimate of drug-likeness (QED) is 0.827. The van der Waals surface area contributed by atoms with Crippen molar-refractivity contribution in [2.45, 2.75) is 10.1 Å². The number of anilines is 1. The lowest BCUT2D eigenvalue weighted by Gasteiger charge is -2.09. The van der Waals surface area contributed by atoms with E-state index in [4.69, 9.17) is 23.1 Å². The second-order valence-electron chi connectivity index (χ2n) is 3.51. The van der Waals surface area contributed by atoms with Crippen molar-refractivity contribution in [2.24, 2.45) is 12.8 Å². The number of aryl methyl sites for hydroxylation is 1. The van der Waals surface area contributed by atoms with Crippen molar-refractivity contribution in [2.75, 3.05) is 5.73 Å². The lowest BCUT2D eigenvalue weighted by molar-refractivity contribution is 0.0997. The Kier molecular flexibility index (Phi) is 3.44. The predicted octanol–water partition coefficient (Wildman–Crippen LogP) is 1.30. The predicted molar refractivity (Wildman–Crippen MR) is 69.5 cm³/mol. The fourth-order valence-electron chi connectivity index (χ4n) is 1.37. The molecule has 4 N–H and O–H groups in total. The van der Waals surface area contributed by atoms with E-state index in [2.05, 4.69) is 10.1 Å². The molecular formula is C10H10ClN5OS. The van der Waals surface area contributed by atoms with Crippen molar-refractivity contribution in [3.05, 3.63) is 29.0 Å². The summed E-state index contributed by atoms with van der Waals surface area (Å²) in [6.45, 7) is 0. The van der Waals surface area contributed by atoms with Crippen molar-refractivity contribution in [1.82, 2.24) is 14.8 Å². The minimum Gasteiger partial charge on any atom is -0.399 e. The fraction of sp³-hybridized carbons (Fsp3) is 0.100. The topological polar surface area (TPSA) is 99.8 Å². The molecule has 0 atom stereocenters. The molecule has 0 saturated heterocycles. The number of halogens is 1. The van der Waals surface area contributed by atoms with Crippen LogP contribution in [-0.4, -0.2) is 20.7 Å². The van der Waals surface area contributed by atoms with Crippen molar-refractivity contribution >= 4 is 35.0 Å². The average Bonchev–Trinajstić information content (AvgIpc) is 2.67. The first kappa shape index (κ1) is 12.7. The molecule has 0 aliphatic rings. The minimum absolute atomic E-state index is 0.271. The number of benzene rings is 1. The van der Waals surface area contributed by atoms with E-state index in [0.29, 0.717) is 20.8 Å². The maximum absolute atomic E-state index is 11.4. The van der Waals surface area contributed by atoms with E-state index < -0.39 is 5.91 Å². The van der Waals surface area contributed by atoms with Crippen LogP contribution in [0.25, 0.3) is 0 Å². The highest BCUT2D eigenvalue weighted by Gasteiger charge is 2.16. The Balaban J connectivity index is 2.50. The van der Waals surface area contributed by atoms with Gasteiger partial charge in [-0.05, 0) is 23.9 Å². The van der Waals surface area contributed by atoms with Crippen LogP contribution in [0.5, 0.6) is 0 Å². The van der Waals surface area contributed by atoms with Gasteiger partial charge in [-0.2, -0.15) is 5.10 Å². The standard InChI is InChI=1S/C10H10ClN5OS/c1-16-10(14-4-15-16)18-8-6(9(13)17)2-5(12)3-7(8)11/h2-4H,12H2,1H3,(H2,13,17). The molecule has 0 radical (unpaired) electrons. The average molecular weight is 284 g/mol. The van der Waals surface area contributed by atoms with Crippen LogP contribution in [-0.2, 0) is 7.05 Å². The second kappa shape index (κ2) is 4.87. The molecule has 0 saturated carbocycles. The molecule has 0 fully saturated rings. The number of aromatic nitrogens is 3. The number of hydrogen-bond donors (Lipinski definition) is 2. The van der Waals surface area contributed by atoms with Gasteiger partial charge in [-0.3, -0.25) is 4.79 Å². The summed E-state index contributed by atoms with van der Waals surface area (Å²) in [5.74, 6) is -0.589. The molecule has 18 heavy (non-hydrogen) atoms. The van der Waals surface area contributed by atoms with E-state index in [9.17, 15) is 4.79 Å². The molecule has 0 unspecified atom stereocenters. The summed E-state index contributed by atoms with van der Waals surface area (Å²) in [5, 5.41) is 4.89. The van der Waals surface area contributed by atoms with Crippen LogP contribution in [0.1, 0.15) is 10.4 Å². The number of amides is 1. The fourth-order valence-corrected chi connectivity index (χ4v) is 2.60. The second-order valence-corrected chi connectivity index (χ2v) is 4.90. The lowest BCUT2D eigenvalue weighted by atomic mass is 10.2.